The Morgan fingerprint density at radius 1 is 1.47 bits per heavy atom. The van der Waals surface area contributed by atoms with Gasteiger partial charge in [0.2, 0.25) is 0 Å². The van der Waals surface area contributed by atoms with Crippen LogP contribution in [-0.2, 0) is 16.7 Å². The molecule has 1 rings (SSSR count). The number of anilines is 2. The maximum Gasteiger partial charge on any atom is 0.264 e. The minimum absolute atomic E-state index is 0.221. The molecule has 8 heteroatoms. The Balaban J connectivity index is 2.53. The van der Waals surface area contributed by atoms with Gasteiger partial charge in [-0.25, -0.2) is 4.68 Å². The summed E-state index contributed by atoms with van der Waals surface area (Å²) in [5.74, 6) is 0.581. The van der Waals surface area contributed by atoms with Gasteiger partial charge in [-0.05, 0) is 12.8 Å². The van der Waals surface area contributed by atoms with Crippen molar-refractivity contribution < 1.29 is 13.0 Å². The summed E-state index contributed by atoms with van der Waals surface area (Å²) in [4.78, 5) is 1.85. The van der Waals surface area contributed by atoms with Crippen LogP contribution in [0.1, 0.15) is 12.8 Å². The highest BCUT2D eigenvalue weighted by Gasteiger charge is 2.10. The van der Waals surface area contributed by atoms with Gasteiger partial charge in [-0.2, -0.15) is 13.5 Å². The molecular formula is C9H18N4O3S. The fourth-order valence-corrected chi connectivity index (χ4v) is 2.16. The first-order valence-corrected chi connectivity index (χ1v) is 6.86. The van der Waals surface area contributed by atoms with Crippen molar-refractivity contribution in [2.75, 3.05) is 30.5 Å². The fourth-order valence-electron chi connectivity index (χ4n) is 1.59. The van der Waals surface area contributed by atoms with Crippen LogP contribution < -0.4 is 10.6 Å². The second kappa shape index (κ2) is 5.37. The van der Waals surface area contributed by atoms with Crippen LogP contribution in [0, 0.1) is 0 Å². The van der Waals surface area contributed by atoms with Crippen LogP contribution >= 0.6 is 0 Å². The Labute approximate surface area is 101 Å². The van der Waals surface area contributed by atoms with Crippen molar-refractivity contribution in [3.8, 4) is 0 Å². The normalized spacial score (nSPS) is 11.7. The summed E-state index contributed by atoms with van der Waals surface area (Å²) in [7, 11) is -0.138. The van der Waals surface area contributed by atoms with E-state index in [1.807, 2.05) is 19.0 Å². The molecular weight excluding hydrogens is 244 g/mol. The number of unbranched alkanes of at least 4 members (excludes halogenated alkanes) is 1. The highest BCUT2D eigenvalue weighted by atomic mass is 32.2. The molecule has 1 aromatic heterocycles. The lowest BCUT2D eigenvalue weighted by atomic mass is 10.3. The molecule has 98 valence electrons. The van der Waals surface area contributed by atoms with E-state index in [0.29, 0.717) is 25.1 Å². The molecule has 0 aliphatic rings. The molecule has 3 N–H and O–H groups in total. The van der Waals surface area contributed by atoms with Gasteiger partial charge in [0.1, 0.15) is 5.82 Å². The molecule has 0 aromatic carbocycles. The number of hydrogen-bond donors (Lipinski definition) is 2. The van der Waals surface area contributed by atoms with Crippen LogP contribution in [0.5, 0.6) is 0 Å². The Morgan fingerprint density at radius 3 is 2.65 bits per heavy atom. The van der Waals surface area contributed by atoms with E-state index < -0.39 is 10.1 Å². The number of nitrogens with two attached hydrogens (primary N) is 1. The Morgan fingerprint density at radius 2 is 2.12 bits per heavy atom. The van der Waals surface area contributed by atoms with Crippen molar-refractivity contribution in [2.24, 2.45) is 0 Å². The first-order valence-electron chi connectivity index (χ1n) is 5.25. The first kappa shape index (κ1) is 13.8. The zero-order valence-corrected chi connectivity index (χ0v) is 10.8. The van der Waals surface area contributed by atoms with Crippen LogP contribution in [0.3, 0.4) is 0 Å². The van der Waals surface area contributed by atoms with E-state index in [9.17, 15) is 8.42 Å². The molecule has 0 aliphatic carbocycles. The summed E-state index contributed by atoms with van der Waals surface area (Å²) in [5, 5.41) is 4.11. The summed E-state index contributed by atoms with van der Waals surface area (Å²) < 4.78 is 31.4. The van der Waals surface area contributed by atoms with E-state index in [1.54, 1.807) is 10.9 Å². The number of aromatic nitrogens is 2. The smallest absolute Gasteiger partial charge is 0.264 e. The molecule has 0 unspecified atom stereocenters. The van der Waals surface area contributed by atoms with Gasteiger partial charge in [-0.3, -0.25) is 4.55 Å². The SMILES string of the molecule is CN(C)c1c(N)cnn1CCCCS(=O)(=O)O. The van der Waals surface area contributed by atoms with Gasteiger partial charge in [0.15, 0.2) is 0 Å². The summed E-state index contributed by atoms with van der Waals surface area (Å²) in [5.41, 5.74) is 6.34. The van der Waals surface area contributed by atoms with Gasteiger partial charge >= 0.3 is 0 Å². The summed E-state index contributed by atoms with van der Waals surface area (Å²) in [6, 6.07) is 0. The van der Waals surface area contributed by atoms with E-state index in [-0.39, 0.29) is 5.75 Å². The lowest BCUT2D eigenvalue weighted by Gasteiger charge is -2.15. The van der Waals surface area contributed by atoms with Gasteiger partial charge in [0.25, 0.3) is 10.1 Å². The average molecular weight is 262 g/mol. The Kier molecular flexibility index (Phi) is 4.35. The third kappa shape index (κ3) is 4.23. The average Bonchev–Trinajstić information content (AvgIpc) is 2.53. The van der Waals surface area contributed by atoms with E-state index in [0.717, 1.165) is 5.82 Å². The summed E-state index contributed by atoms with van der Waals surface area (Å²) >= 11 is 0. The molecule has 0 saturated heterocycles. The predicted octanol–water partition coefficient (Wildman–Crippen LogP) is 0.199. The molecule has 7 nitrogen and oxygen atoms in total. The number of rotatable bonds is 6. The maximum absolute atomic E-state index is 10.5. The topological polar surface area (TPSA) is 101 Å². The highest BCUT2D eigenvalue weighted by molar-refractivity contribution is 7.85. The van der Waals surface area contributed by atoms with Gasteiger partial charge in [0.05, 0.1) is 17.6 Å². The number of nitrogen functional groups attached to an aromatic ring is 1. The van der Waals surface area contributed by atoms with E-state index in [1.165, 1.54) is 0 Å². The molecule has 0 fully saturated rings. The van der Waals surface area contributed by atoms with E-state index in [2.05, 4.69) is 5.10 Å². The number of aryl methyl sites for hydroxylation is 1. The molecule has 0 saturated carbocycles. The van der Waals surface area contributed by atoms with Crippen molar-refractivity contribution in [3.63, 3.8) is 0 Å². The van der Waals surface area contributed by atoms with Crippen LogP contribution in [0.2, 0.25) is 0 Å². The molecule has 0 aliphatic heterocycles. The van der Waals surface area contributed by atoms with Crippen molar-refractivity contribution >= 4 is 21.6 Å². The Hall–Kier alpha value is -1.28. The van der Waals surface area contributed by atoms with Crippen LogP contribution in [0.4, 0.5) is 11.5 Å². The lowest BCUT2D eigenvalue weighted by molar-refractivity contribution is 0.476. The molecule has 0 bridgehead atoms. The zero-order chi connectivity index (χ0) is 13.1. The third-order valence-electron chi connectivity index (χ3n) is 2.28. The zero-order valence-electron chi connectivity index (χ0n) is 10.00. The van der Waals surface area contributed by atoms with Crippen molar-refractivity contribution in [3.05, 3.63) is 6.20 Å². The minimum atomic E-state index is -3.86. The van der Waals surface area contributed by atoms with Crippen LogP contribution in [0.15, 0.2) is 6.20 Å². The molecule has 17 heavy (non-hydrogen) atoms. The second-order valence-corrected chi connectivity index (χ2v) is 5.61. The maximum atomic E-state index is 10.5. The van der Waals surface area contributed by atoms with Crippen molar-refractivity contribution in [2.45, 2.75) is 19.4 Å². The van der Waals surface area contributed by atoms with E-state index in [4.69, 9.17) is 10.3 Å². The van der Waals surface area contributed by atoms with E-state index >= 15 is 0 Å². The van der Waals surface area contributed by atoms with Crippen molar-refractivity contribution in [1.82, 2.24) is 9.78 Å². The summed E-state index contributed by atoms with van der Waals surface area (Å²) in [6.07, 6.45) is 2.57. The monoisotopic (exact) mass is 262 g/mol. The van der Waals surface area contributed by atoms with Gasteiger partial charge in [-0.1, -0.05) is 0 Å². The number of hydrogen-bond acceptors (Lipinski definition) is 5. The van der Waals surface area contributed by atoms with Crippen LogP contribution in [-0.4, -0.2) is 42.6 Å². The molecule has 0 spiro atoms. The molecule has 0 radical (unpaired) electrons. The summed E-state index contributed by atoms with van der Waals surface area (Å²) in [6.45, 7) is 0.570. The quantitative estimate of drug-likeness (QED) is 0.561. The predicted molar refractivity (Wildman–Crippen MR) is 66.6 cm³/mol. The van der Waals surface area contributed by atoms with Gasteiger partial charge in [0, 0.05) is 20.6 Å². The molecule has 0 amide bonds. The third-order valence-corrected chi connectivity index (χ3v) is 3.09. The highest BCUT2D eigenvalue weighted by Crippen LogP contribution is 2.20. The lowest BCUT2D eigenvalue weighted by Crippen LogP contribution is -2.17. The van der Waals surface area contributed by atoms with Gasteiger partial charge in [-0.15, -0.1) is 0 Å². The Bertz CT molecular complexity index is 467. The van der Waals surface area contributed by atoms with Crippen LogP contribution in [0.25, 0.3) is 0 Å². The van der Waals surface area contributed by atoms with Crippen molar-refractivity contribution in [1.29, 1.82) is 0 Å². The second-order valence-electron chi connectivity index (χ2n) is 4.03. The first-order chi connectivity index (χ1) is 7.81. The molecule has 1 heterocycles. The van der Waals surface area contributed by atoms with Gasteiger partial charge < -0.3 is 10.6 Å². The number of nitrogens with zero attached hydrogens (tertiary/aromatic N) is 3. The standard InChI is InChI=1S/C9H18N4O3S/c1-12(2)9-8(10)7-11-13(9)5-3-4-6-17(14,15)16/h7H,3-6,10H2,1-2H3,(H,14,15,16). The molecule has 1 aromatic rings. The molecule has 0 atom stereocenters. The minimum Gasteiger partial charge on any atom is -0.394 e. The largest absolute Gasteiger partial charge is 0.394 e. The fraction of sp³-hybridized carbons (Fsp3) is 0.667.